The molecule has 0 unspecified atom stereocenters. The molecule has 1 fully saturated rings. The Morgan fingerprint density at radius 3 is 2.34 bits per heavy atom. The van der Waals surface area contributed by atoms with Gasteiger partial charge in [-0.05, 0) is 61.9 Å². The summed E-state index contributed by atoms with van der Waals surface area (Å²) in [6, 6.07) is 15.2. The zero-order valence-corrected chi connectivity index (χ0v) is 20.4. The van der Waals surface area contributed by atoms with E-state index in [2.05, 4.69) is 16.8 Å². The first-order chi connectivity index (χ1) is 16.8. The highest BCUT2D eigenvalue weighted by Gasteiger charge is 2.33. The molecule has 3 aromatic rings. The lowest BCUT2D eigenvalue weighted by Crippen LogP contribution is -2.58. The number of halogens is 1. The van der Waals surface area contributed by atoms with Gasteiger partial charge in [0.15, 0.2) is 11.5 Å². The van der Waals surface area contributed by atoms with Gasteiger partial charge in [0.1, 0.15) is 11.4 Å². The molecule has 1 aromatic heterocycles. The number of nitrogens with one attached hydrogen (secondary N) is 1. The summed E-state index contributed by atoms with van der Waals surface area (Å²) in [5.41, 5.74) is 2.02. The van der Waals surface area contributed by atoms with Crippen LogP contribution in [0.4, 0.5) is 4.39 Å². The third kappa shape index (κ3) is 5.22. The molecule has 1 aliphatic rings. The molecule has 7 nitrogen and oxygen atoms in total. The van der Waals surface area contributed by atoms with Gasteiger partial charge in [-0.1, -0.05) is 12.1 Å². The minimum absolute atomic E-state index is 0.0796. The van der Waals surface area contributed by atoms with Gasteiger partial charge < -0.3 is 19.4 Å². The molecule has 1 aliphatic heterocycles. The monoisotopic (exact) mass is 479 g/mol. The summed E-state index contributed by atoms with van der Waals surface area (Å²) in [7, 11) is 3.11. The maximum atomic E-state index is 13.3. The van der Waals surface area contributed by atoms with Gasteiger partial charge >= 0.3 is 0 Å². The van der Waals surface area contributed by atoms with Crippen LogP contribution in [0.15, 0.2) is 59.4 Å². The fourth-order valence-corrected chi connectivity index (χ4v) is 4.49. The average molecular weight is 480 g/mol. The van der Waals surface area contributed by atoms with Crippen molar-refractivity contribution >= 4 is 5.91 Å². The SMILES string of the molecule is COc1ccc(-c2ccc(C(=O)N3C[C@@H](C)N(Cc4ccc(F)cc4)C[C@@H]3C)c(=O)[nH]2)cc1OC. The van der Waals surface area contributed by atoms with E-state index in [-0.39, 0.29) is 29.4 Å². The summed E-state index contributed by atoms with van der Waals surface area (Å²) < 4.78 is 23.8. The van der Waals surface area contributed by atoms with E-state index >= 15 is 0 Å². The number of hydrogen-bond donors (Lipinski definition) is 1. The Bertz CT molecular complexity index is 1260. The van der Waals surface area contributed by atoms with Crippen molar-refractivity contribution in [1.29, 1.82) is 0 Å². The van der Waals surface area contributed by atoms with E-state index in [9.17, 15) is 14.0 Å². The van der Waals surface area contributed by atoms with E-state index in [0.29, 0.717) is 36.8 Å². The Labute approximate surface area is 204 Å². The van der Waals surface area contributed by atoms with Gasteiger partial charge in [-0.25, -0.2) is 4.39 Å². The number of aromatic amines is 1. The second-order valence-corrected chi connectivity index (χ2v) is 8.90. The van der Waals surface area contributed by atoms with Crippen LogP contribution < -0.4 is 15.0 Å². The van der Waals surface area contributed by atoms with Crippen molar-refractivity contribution < 1.29 is 18.7 Å². The third-order valence-electron chi connectivity index (χ3n) is 6.51. The van der Waals surface area contributed by atoms with Crippen LogP contribution in [0.2, 0.25) is 0 Å². The lowest BCUT2D eigenvalue weighted by molar-refractivity contribution is 0.0289. The van der Waals surface area contributed by atoms with Crippen molar-refractivity contribution in [1.82, 2.24) is 14.8 Å². The van der Waals surface area contributed by atoms with Crippen LogP contribution in [0.25, 0.3) is 11.3 Å². The van der Waals surface area contributed by atoms with Crippen LogP contribution in [0, 0.1) is 5.82 Å². The number of nitrogens with zero attached hydrogens (tertiary/aromatic N) is 2. The van der Waals surface area contributed by atoms with Gasteiger partial charge in [-0.15, -0.1) is 0 Å². The smallest absolute Gasteiger partial charge is 0.261 e. The minimum atomic E-state index is -0.434. The first kappa shape index (κ1) is 24.5. The number of piperazine rings is 1. The van der Waals surface area contributed by atoms with E-state index in [4.69, 9.17) is 9.47 Å². The van der Waals surface area contributed by atoms with E-state index in [1.807, 2.05) is 13.0 Å². The first-order valence-electron chi connectivity index (χ1n) is 11.6. The Morgan fingerprint density at radius 1 is 0.971 bits per heavy atom. The maximum Gasteiger partial charge on any atom is 0.261 e. The molecule has 1 saturated heterocycles. The van der Waals surface area contributed by atoms with Crippen LogP contribution in [-0.4, -0.2) is 60.1 Å². The maximum absolute atomic E-state index is 13.3. The summed E-state index contributed by atoms with van der Waals surface area (Å²) in [6.45, 7) is 5.87. The Balaban J connectivity index is 1.49. The van der Waals surface area contributed by atoms with E-state index in [0.717, 1.165) is 11.1 Å². The molecule has 184 valence electrons. The van der Waals surface area contributed by atoms with Crippen molar-refractivity contribution in [3.8, 4) is 22.8 Å². The average Bonchev–Trinajstić information content (AvgIpc) is 2.86. The fourth-order valence-electron chi connectivity index (χ4n) is 4.49. The highest BCUT2D eigenvalue weighted by molar-refractivity contribution is 5.94. The second-order valence-electron chi connectivity index (χ2n) is 8.90. The van der Waals surface area contributed by atoms with E-state index < -0.39 is 5.56 Å². The third-order valence-corrected chi connectivity index (χ3v) is 6.51. The standard InChI is InChI=1S/C27H30FN3O4/c1-17-15-31(18(2)14-30(17)16-19-5-8-21(28)9-6-19)27(33)22-10-11-23(29-26(22)32)20-7-12-24(34-3)25(13-20)35-4/h5-13,17-18H,14-16H2,1-4H3,(H,29,32)/t17-,18+/m1/s1. The zero-order chi connectivity index (χ0) is 25.1. The van der Waals surface area contributed by atoms with Crippen LogP contribution in [0.1, 0.15) is 29.8 Å². The van der Waals surface area contributed by atoms with Crippen LogP contribution >= 0.6 is 0 Å². The molecule has 1 N–H and O–H groups in total. The largest absolute Gasteiger partial charge is 0.493 e. The van der Waals surface area contributed by atoms with Crippen molar-refractivity contribution in [2.24, 2.45) is 0 Å². The Kier molecular flexibility index (Phi) is 7.21. The quantitative estimate of drug-likeness (QED) is 0.580. The van der Waals surface area contributed by atoms with Crippen molar-refractivity contribution in [2.45, 2.75) is 32.5 Å². The molecule has 2 heterocycles. The molecular weight excluding hydrogens is 449 g/mol. The number of aromatic nitrogens is 1. The highest BCUT2D eigenvalue weighted by Crippen LogP contribution is 2.31. The van der Waals surface area contributed by atoms with E-state index in [1.165, 1.54) is 12.1 Å². The second kappa shape index (κ2) is 10.3. The minimum Gasteiger partial charge on any atom is -0.493 e. The number of amides is 1. The molecule has 2 aromatic carbocycles. The number of pyridine rings is 1. The lowest BCUT2D eigenvalue weighted by Gasteiger charge is -2.44. The van der Waals surface area contributed by atoms with Gasteiger partial charge in [-0.2, -0.15) is 0 Å². The molecule has 0 saturated carbocycles. The Hall–Kier alpha value is -3.65. The number of methoxy groups -OCH3 is 2. The predicted molar refractivity (Wildman–Crippen MR) is 132 cm³/mol. The zero-order valence-electron chi connectivity index (χ0n) is 20.4. The summed E-state index contributed by atoms with van der Waals surface area (Å²) in [5.74, 6) is 0.596. The molecule has 0 radical (unpaired) electrons. The number of rotatable bonds is 6. The summed E-state index contributed by atoms with van der Waals surface area (Å²) in [6.07, 6.45) is 0. The van der Waals surface area contributed by atoms with Crippen molar-refractivity contribution in [3.63, 3.8) is 0 Å². The summed E-state index contributed by atoms with van der Waals surface area (Å²) in [5, 5.41) is 0. The lowest BCUT2D eigenvalue weighted by atomic mass is 10.0. The molecule has 4 rings (SSSR count). The highest BCUT2D eigenvalue weighted by atomic mass is 19.1. The molecular formula is C27H30FN3O4. The van der Waals surface area contributed by atoms with Gasteiger partial charge in [0.2, 0.25) is 0 Å². The first-order valence-corrected chi connectivity index (χ1v) is 11.6. The van der Waals surface area contributed by atoms with Gasteiger partial charge in [0.05, 0.1) is 14.2 Å². The molecule has 0 spiro atoms. The van der Waals surface area contributed by atoms with Crippen LogP contribution in [0.3, 0.4) is 0 Å². The van der Waals surface area contributed by atoms with Crippen LogP contribution in [0.5, 0.6) is 11.5 Å². The number of benzene rings is 2. The van der Waals surface area contributed by atoms with Crippen LogP contribution in [-0.2, 0) is 6.54 Å². The molecule has 35 heavy (non-hydrogen) atoms. The summed E-state index contributed by atoms with van der Waals surface area (Å²) in [4.78, 5) is 33.1. The van der Waals surface area contributed by atoms with Gasteiger partial charge in [0, 0.05) is 43.0 Å². The molecule has 2 atom stereocenters. The normalized spacial score (nSPS) is 18.4. The van der Waals surface area contributed by atoms with Gasteiger partial charge in [0.25, 0.3) is 11.5 Å². The van der Waals surface area contributed by atoms with E-state index in [1.54, 1.807) is 55.5 Å². The fraction of sp³-hybridized carbons (Fsp3) is 0.333. The van der Waals surface area contributed by atoms with Crippen molar-refractivity contribution in [3.05, 3.63) is 81.9 Å². The number of ether oxygens (including phenoxy) is 2. The van der Waals surface area contributed by atoms with Gasteiger partial charge in [-0.3, -0.25) is 14.5 Å². The predicted octanol–water partition coefficient (Wildman–Crippen LogP) is 3.93. The summed E-state index contributed by atoms with van der Waals surface area (Å²) >= 11 is 0. The molecule has 1 amide bonds. The Morgan fingerprint density at radius 2 is 1.69 bits per heavy atom. The molecule has 0 bridgehead atoms. The number of carbonyl (C=O) groups excluding carboxylic acids is 1. The number of carbonyl (C=O) groups is 1. The van der Waals surface area contributed by atoms with Crippen molar-refractivity contribution in [2.75, 3.05) is 27.3 Å². The number of hydrogen-bond acceptors (Lipinski definition) is 5. The molecule has 0 aliphatic carbocycles. The molecule has 8 heteroatoms. The number of H-pyrrole nitrogens is 1. The topological polar surface area (TPSA) is 74.9 Å².